The van der Waals surface area contributed by atoms with Crippen LogP contribution in [0.25, 0.3) is 11.1 Å². The van der Waals surface area contributed by atoms with Gasteiger partial charge in [0, 0.05) is 17.8 Å². The van der Waals surface area contributed by atoms with Crippen molar-refractivity contribution in [2.45, 2.75) is 13.8 Å². The normalized spacial score (nSPS) is 10.3. The van der Waals surface area contributed by atoms with Crippen LogP contribution in [0.3, 0.4) is 0 Å². The number of methoxy groups -OCH3 is 1. The lowest BCUT2D eigenvalue weighted by atomic mass is 9.99. The molecule has 0 saturated heterocycles. The van der Waals surface area contributed by atoms with E-state index in [4.69, 9.17) is 9.84 Å². The number of hydrogen-bond donors (Lipinski definition) is 1. The Kier molecular flexibility index (Phi) is 3.51. The van der Waals surface area contributed by atoms with Crippen LogP contribution in [0.4, 0.5) is 0 Å². The van der Waals surface area contributed by atoms with Crippen LogP contribution in [0.15, 0.2) is 30.5 Å². The fraction of sp³-hybridized carbons (Fsp3) is 0.200. The molecule has 0 unspecified atom stereocenters. The van der Waals surface area contributed by atoms with Crippen molar-refractivity contribution in [2.75, 3.05) is 7.11 Å². The number of carbonyl (C=O) groups is 1. The molecule has 0 atom stereocenters. The van der Waals surface area contributed by atoms with Crippen molar-refractivity contribution in [1.29, 1.82) is 0 Å². The number of rotatable bonds is 3. The Morgan fingerprint density at radius 2 is 1.95 bits per heavy atom. The maximum absolute atomic E-state index is 10.9. The number of benzene rings is 1. The van der Waals surface area contributed by atoms with Crippen LogP contribution < -0.4 is 4.74 Å². The Morgan fingerprint density at radius 3 is 2.53 bits per heavy atom. The summed E-state index contributed by atoms with van der Waals surface area (Å²) in [5.41, 5.74) is 4.04. The number of aromatic nitrogens is 1. The van der Waals surface area contributed by atoms with Gasteiger partial charge in [0.2, 0.25) is 0 Å². The molecule has 1 N–H and O–H groups in total. The second kappa shape index (κ2) is 5.10. The first-order valence-corrected chi connectivity index (χ1v) is 5.88. The average molecular weight is 257 g/mol. The standard InChI is InChI=1S/C15H15NO3/c1-9-4-5-11(10(2)6-9)12-8-16-13(15(17)18)7-14(12)19-3/h4-8H,1-3H3,(H,17,18). The highest BCUT2D eigenvalue weighted by Crippen LogP contribution is 2.32. The van der Waals surface area contributed by atoms with E-state index in [-0.39, 0.29) is 5.69 Å². The molecule has 1 aromatic heterocycles. The van der Waals surface area contributed by atoms with Crippen molar-refractivity contribution in [3.05, 3.63) is 47.3 Å². The summed E-state index contributed by atoms with van der Waals surface area (Å²) in [4.78, 5) is 14.9. The van der Waals surface area contributed by atoms with E-state index in [2.05, 4.69) is 11.1 Å². The van der Waals surface area contributed by atoms with Crippen molar-refractivity contribution in [3.8, 4) is 16.9 Å². The minimum atomic E-state index is -1.06. The van der Waals surface area contributed by atoms with Gasteiger partial charge in [0.1, 0.15) is 5.75 Å². The van der Waals surface area contributed by atoms with Gasteiger partial charge in [0.15, 0.2) is 5.69 Å². The highest BCUT2D eigenvalue weighted by Gasteiger charge is 2.13. The van der Waals surface area contributed by atoms with Gasteiger partial charge >= 0.3 is 5.97 Å². The van der Waals surface area contributed by atoms with Crippen molar-refractivity contribution < 1.29 is 14.6 Å². The molecule has 98 valence electrons. The fourth-order valence-corrected chi connectivity index (χ4v) is 2.04. The topological polar surface area (TPSA) is 59.4 Å². The maximum Gasteiger partial charge on any atom is 0.354 e. The molecule has 1 aromatic carbocycles. The number of pyridine rings is 1. The van der Waals surface area contributed by atoms with Crippen LogP contribution in [0.1, 0.15) is 21.6 Å². The molecule has 0 spiro atoms. The molecule has 0 saturated carbocycles. The Balaban J connectivity index is 2.58. The molecule has 0 aliphatic heterocycles. The second-order valence-electron chi connectivity index (χ2n) is 4.39. The van der Waals surface area contributed by atoms with Gasteiger partial charge in [-0.15, -0.1) is 0 Å². The summed E-state index contributed by atoms with van der Waals surface area (Å²) < 4.78 is 5.27. The molecule has 0 fully saturated rings. The largest absolute Gasteiger partial charge is 0.496 e. The molecule has 4 heteroatoms. The van der Waals surface area contributed by atoms with Crippen molar-refractivity contribution in [1.82, 2.24) is 4.98 Å². The number of hydrogen-bond acceptors (Lipinski definition) is 3. The van der Waals surface area contributed by atoms with Gasteiger partial charge in [0.25, 0.3) is 0 Å². The monoisotopic (exact) mass is 257 g/mol. The Hall–Kier alpha value is -2.36. The van der Waals surface area contributed by atoms with Crippen LogP contribution in [0, 0.1) is 13.8 Å². The number of carboxylic acids is 1. The average Bonchev–Trinajstić information content (AvgIpc) is 2.38. The molecule has 0 aliphatic rings. The van der Waals surface area contributed by atoms with E-state index >= 15 is 0 Å². The number of ether oxygens (including phenoxy) is 1. The van der Waals surface area contributed by atoms with E-state index < -0.39 is 5.97 Å². The maximum atomic E-state index is 10.9. The first-order valence-electron chi connectivity index (χ1n) is 5.88. The zero-order valence-electron chi connectivity index (χ0n) is 11.1. The van der Waals surface area contributed by atoms with Gasteiger partial charge in [-0.25, -0.2) is 9.78 Å². The summed E-state index contributed by atoms with van der Waals surface area (Å²) in [6.45, 7) is 4.03. The van der Waals surface area contributed by atoms with Crippen LogP contribution in [0.2, 0.25) is 0 Å². The molecule has 4 nitrogen and oxygen atoms in total. The fourth-order valence-electron chi connectivity index (χ4n) is 2.04. The van der Waals surface area contributed by atoms with E-state index in [1.54, 1.807) is 6.20 Å². The highest BCUT2D eigenvalue weighted by molar-refractivity contribution is 5.87. The lowest BCUT2D eigenvalue weighted by Gasteiger charge is -2.11. The summed E-state index contributed by atoms with van der Waals surface area (Å²) in [7, 11) is 1.52. The molecule has 0 radical (unpaired) electrons. The molecule has 19 heavy (non-hydrogen) atoms. The molecular weight excluding hydrogens is 242 g/mol. The van der Waals surface area contributed by atoms with E-state index in [1.165, 1.54) is 18.7 Å². The second-order valence-corrected chi connectivity index (χ2v) is 4.39. The molecule has 2 aromatic rings. The third-order valence-electron chi connectivity index (χ3n) is 2.98. The number of aryl methyl sites for hydroxylation is 2. The number of aromatic carboxylic acids is 1. The third kappa shape index (κ3) is 2.57. The van der Waals surface area contributed by atoms with Gasteiger partial charge < -0.3 is 9.84 Å². The molecule has 2 rings (SSSR count). The summed E-state index contributed by atoms with van der Waals surface area (Å²) >= 11 is 0. The lowest BCUT2D eigenvalue weighted by molar-refractivity contribution is 0.0690. The van der Waals surface area contributed by atoms with Gasteiger partial charge in [-0.3, -0.25) is 0 Å². The van der Waals surface area contributed by atoms with Crippen molar-refractivity contribution >= 4 is 5.97 Å². The van der Waals surface area contributed by atoms with E-state index in [0.717, 1.165) is 16.7 Å². The smallest absolute Gasteiger partial charge is 0.354 e. The Bertz CT molecular complexity index is 635. The summed E-state index contributed by atoms with van der Waals surface area (Å²) in [6.07, 6.45) is 1.54. The van der Waals surface area contributed by atoms with E-state index in [9.17, 15) is 4.79 Å². The minimum Gasteiger partial charge on any atom is -0.496 e. The van der Waals surface area contributed by atoms with Crippen molar-refractivity contribution in [2.24, 2.45) is 0 Å². The molecule has 0 bridgehead atoms. The molecule has 0 amide bonds. The van der Waals surface area contributed by atoms with Crippen LogP contribution in [-0.2, 0) is 0 Å². The first-order chi connectivity index (χ1) is 9.02. The molecular formula is C15H15NO3. The number of nitrogens with zero attached hydrogens (tertiary/aromatic N) is 1. The Labute approximate surface area is 111 Å². The SMILES string of the molecule is COc1cc(C(=O)O)ncc1-c1ccc(C)cc1C. The third-order valence-corrected chi connectivity index (χ3v) is 2.98. The van der Waals surface area contributed by atoms with Crippen LogP contribution in [-0.4, -0.2) is 23.2 Å². The van der Waals surface area contributed by atoms with Crippen molar-refractivity contribution in [3.63, 3.8) is 0 Å². The predicted octanol–water partition coefficient (Wildman–Crippen LogP) is 3.07. The van der Waals surface area contributed by atoms with Crippen LogP contribution in [0.5, 0.6) is 5.75 Å². The summed E-state index contributed by atoms with van der Waals surface area (Å²) in [5.74, 6) is -0.551. The molecule has 1 heterocycles. The van der Waals surface area contributed by atoms with E-state index in [0.29, 0.717) is 5.75 Å². The van der Waals surface area contributed by atoms with Gasteiger partial charge in [-0.05, 0) is 25.0 Å². The predicted molar refractivity (Wildman–Crippen MR) is 72.7 cm³/mol. The quantitative estimate of drug-likeness (QED) is 0.918. The van der Waals surface area contributed by atoms with Gasteiger partial charge in [0.05, 0.1) is 7.11 Å². The van der Waals surface area contributed by atoms with Crippen LogP contribution >= 0.6 is 0 Å². The molecule has 0 aliphatic carbocycles. The zero-order chi connectivity index (χ0) is 14.0. The van der Waals surface area contributed by atoms with Gasteiger partial charge in [-0.2, -0.15) is 0 Å². The minimum absolute atomic E-state index is 0.0228. The Morgan fingerprint density at radius 1 is 1.21 bits per heavy atom. The zero-order valence-corrected chi connectivity index (χ0v) is 11.1. The summed E-state index contributed by atoms with van der Waals surface area (Å²) in [5, 5.41) is 8.94. The number of carboxylic acid groups (broad SMARTS) is 1. The first kappa shape index (κ1) is 13.1. The highest BCUT2D eigenvalue weighted by atomic mass is 16.5. The summed E-state index contributed by atoms with van der Waals surface area (Å²) in [6, 6.07) is 7.51. The van der Waals surface area contributed by atoms with E-state index in [1.807, 2.05) is 26.0 Å². The lowest BCUT2D eigenvalue weighted by Crippen LogP contribution is -2.02. The van der Waals surface area contributed by atoms with Gasteiger partial charge in [-0.1, -0.05) is 23.8 Å².